The maximum Gasteiger partial charge on any atom is 0.274 e. The molecule has 118 valence electrons. The van der Waals surface area contributed by atoms with Crippen molar-refractivity contribution in [3.8, 4) is 5.88 Å². The average Bonchev–Trinajstić information content (AvgIpc) is 2.90. The molecule has 8 heteroatoms. The van der Waals surface area contributed by atoms with Crippen LogP contribution in [0.4, 0.5) is 0 Å². The van der Waals surface area contributed by atoms with Crippen LogP contribution >= 0.6 is 15.9 Å². The van der Waals surface area contributed by atoms with E-state index in [0.29, 0.717) is 41.5 Å². The van der Waals surface area contributed by atoms with Crippen molar-refractivity contribution < 1.29 is 14.6 Å². The van der Waals surface area contributed by atoms with E-state index in [4.69, 9.17) is 4.74 Å². The van der Waals surface area contributed by atoms with Crippen molar-refractivity contribution in [3.05, 3.63) is 22.7 Å². The van der Waals surface area contributed by atoms with Gasteiger partial charge in [-0.25, -0.2) is 9.97 Å². The number of hydrogen-bond donors (Lipinski definition) is 1. The third kappa shape index (κ3) is 2.93. The maximum absolute atomic E-state index is 12.5. The van der Waals surface area contributed by atoms with Crippen LogP contribution in [-0.4, -0.2) is 56.1 Å². The van der Waals surface area contributed by atoms with Gasteiger partial charge >= 0.3 is 0 Å². The Kier molecular flexibility index (Phi) is 4.30. The summed E-state index contributed by atoms with van der Waals surface area (Å²) in [6, 6.07) is 0. The van der Waals surface area contributed by atoms with E-state index in [0.717, 1.165) is 12.8 Å². The molecule has 1 fully saturated rings. The molecule has 2 aromatic heterocycles. The molecule has 1 amide bonds. The van der Waals surface area contributed by atoms with Gasteiger partial charge < -0.3 is 14.7 Å². The third-order valence-electron chi connectivity index (χ3n) is 3.56. The van der Waals surface area contributed by atoms with Gasteiger partial charge in [-0.2, -0.15) is 0 Å². The molecule has 2 aromatic rings. The van der Waals surface area contributed by atoms with Crippen molar-refractivity contribution in [1.82, 2.24) is 19.3 Å². The Morgan fingerprint density at radius 3 is 3.05 bits per heavy atom. The van der Waals surface area contributed by atoms with Gasteiger partial charge in [0, 0.05) is 25.5 Å². The normalized spacial score (nSPS) is 18.7. The van der Waals surface area contributed by atoms with E-state index in [1.54, 1.807) is 21.7 Å². The van der Waals surface area contributed by atoms with Crippen LogP contribution in [0.2, 0.25) is 0 Å². The number of ether oxygens (including phenoxy) is 1. The van der Waals surface area contributed by atoms with Gasteiger partial charge in [0.2, 0.25) is 5.65 Å². The quantitative estimate of drug-likeness (QED) is 0.887. The van der Waals surface area contributed by atoms with Crippen LogP contribution < -0.4 is 4.74 Å². The number of hydrogen-bond acceptors (Lipinski definition) is 5. The predicted octanol–water partition coefficient (Wildman–Crippen LogP) is 1.49. The summed E-state index contributed by atoms with van der Waals surface area (Å²) in [6.45, 7) is 3.33. The number of nitrogens with zero attached hydrogens (tertiary/aromatic N) is 4. The van der Waals surface area contributed by atoms with Gasteiger partial charge in [-0.3, -0.25) is 9.20 Å². The van der Waals surface area contributed by atoms with Crippen LogP contribution in [0.5, 0.6) is 5.88 Å². The highest BCUT2D eigenvalue weighted by molar-refractivity contribution is 9.10. The number of halogens is 1. The van der Waals surface area contributed by atoms with Crippen LogP contribution in [0, 0.1) is 0 Å². The van der Waals surface area contributed by atoms with E-state index in [-0.39, 0.29) is 5.91 Å². The van der Waals surface area contributed by atoms with Gasteiger partial charge in [-0.05, 0) is 35.7 Å². The van der Waals surface area contributed by atoms with Crippen molar-refractivity contribution in [2.45, 2.75) is 25.9 Å². The summed E-state index contributed by atoms with van der Waals surface area (Å²) in [7, 11) is 0. The van der Waals surface area contributed by atoms with E-state index in [9.17, 15) is 9.90 Å². The van der Waals surface area contributed by atoms with E-state index in [1.165, 1.54) is 0 Å². The lowest BCUT2D eigenvalue weighted by atomic mass is 10.1. The fourth-order valence-corrected chi connectivity index (χ4v) is 2.96. The SMILES string of the molecule is CCOc1nc(Br)cn2cc(C(=O)N3CCCC(O)C3)nc12. The van der Waals surface area contributed by atoms with Gasteiger partial charge in [-0.1, -0.05) is 0 Å². The van der Waals surface area contributed by atoms with Crippen molar-refractivity contribution in [1.29, 1.82) is 0 Å². The Bertz CT molecular complexity index is 703. The molecule has 1 unspecified atom stereocenters. The number of carbonyl (C=O) groups is 1. The smallest absolute Gasteiger partial charge is 0.274 e. The number of imidazole rings is 1. The van der Waals surface area contributed by atoms with Crippen LogP contribution in [0.3, 0.4) is 0 Å². The molecule has 7 nitrogen and oxygen atoms in total. The highest BCUT2D eigenvalue weighted by Crippen LogP contribution is 2.21. The minimum atomic E-state index is -0.454. The van der Waals surface area contributed by atoms with E-state index in [1.807, 2.05) is 6.92 Å². The Hall–Kier alpha value is -1.67. The molecule has 0 aliphatic carbocycles. The molecule has 0 aromatic carbocycles. The highest BCUT2D eigenvalue weighted by Gasteiger charge is 2.25. The first-order chi connectivity index (χ1) is 10.6. The number of aliphatic hydroxyl groups is 1. The number of carbonyl (C=O) groups excluding carboxylic acids is 1. The van der Waals surface area contributed by atoms with Crippen molar-refractivity contribution in [3.63, 3.8) is 0 Å². The summed E-state index contributed by atoms with van der Waals surface area (Å²) in [4.78, 5) is 22.8. The number of likely N-dealkylation sites (tertiary alicyclic amines) is 1. The fourth-order valence-electron chi connectivity index (χ4n) is 2.58. The largest absolute Gasteiger partial charge is 0.475 e. The lowest BCUT2D eigenvalue weighted by Crippen LogP contribution is -2.42. The summed E-state index contributed by atoms with van der Waals surface area (Å²) in [6.07, 6.45) is 4.47. The molecule has 1 atom stereocenters. The van der Waals surface area contributed by atoms with Crippen LogP contribution in [0.25, 0.3) is 5.65 Å². The third-order valence-corrected chi connectivity index (χ3v) is 3.94. The zero-order valence-corrected chi connectivity index (χ0v) is 13.8. The van der Waals surface area contributed by atoms with Gasteiger partial charge in [0.25, 0.3) is 11.8 Å². The number of aromatic nitrogens is 3. The first-order valence-corrected chi connectivity index (χ1v) is 8.03. The molecule has 1 aliphatic heterocycles. The highest BCUT2D eigenvalue weighted by atomic mass is 79.9. The lowest BCUT2D eigenvalue weighted by molar-refractivity contribution is 0.0469. The number of fused-ring (bicyclic) bond motifs is 1. The predicted molar refractivity (Wildman–Crippen MR) is 83.0 cm³/mol. The summed E-state index contributed by atoms with van der Waals surface area (Å²) in [5, 5.41) is 9.71. The number of aliphatic hydroxyl groups excluding tert-OH is 1. The Morgan fingerprint density at radius 2 is 2.32 bits per heavy atom. The standard InChI is InChI=1S/C14H17BrN4O3/c1-2-22-13-12-16-10(7-19(12)8-11(15)17-13)14(21)18-5-3-4-9(20)6-18/h7-9,20H,2-6H2,1H3. The summed E-state index contributed by atoms with van der Waals surface area (Å²) < 4.78 is 7.79. The second-order valence-corrected chi connectivity index (χ2v) is 6.02. The number of amides is 1. The molecule has 0 bridgehead atoms. The van der Waals surface area contributed by atoms with Gasteiger partial charge in [0.1, 0.15) is 10.3 Å². The summed E-state index contributed by atoms with van der Waals surface area (Å²) in [5.41, 5.74) is 0.834. The number of rotatable bonds is 3. The molecule has 3 heterocycles. The summed E-state index contributed by atoms with van der Waals surface area (Å²) >= 11 is 3.32. The second kappa shape index (κ2) is 6.21. The molecule has 0 saturated carbocycles. The van der Waals surface area contributed by atoms with Crippen molar-refractivity contribution in [2.75, 3.05) is 19.7 Å². The minimum Gasteiger partial charge on any atom is -0.475 e. The minimum absolute atomic E-state index is 0.180. The van der Waals surface area contributed by atoms with Gasteiger partial charge in [-0.15, -0.1) is 0 Å². The number of β-amino-alcohol motifs (C(OH)–C–C–N with tert-alkyl or cyclic N) is 1. The van der Waals surface area contributed by atoms with Crippen LogP contribution in [0.15, 0.2) is 17.0 Å². The van der Waals surface area contributed by atoms with E-state index < -0.39 is 6.10 Å². The van der Waals surface area contributed by atoms with E-state index >= 15 is 0 Å². The van der Waals surface area contributed by atoms with Crippen molar-refractivity contribution in [2.24, 2.45) is 0 Å². The van der Waals surface area contributed by atoms with Gasteiger partial charge in [0.15, 0.2) is 0 Å². The lowest BCUT2D eigenvalue weighted by Gasteiger charge is -2.29. The Balaban J connectivity index is 1.94. The fraction of sp³-hybridized carbons (Fsp3) is 0.500. The second-order valence-electron chi connectivity index (χ2n) is 5.21. The average molecular weight is 369 g/mol. The Labute approximate surface area is 136 Å². The molecular formula is C14H17BrN4O3. The summed E-state index contributed by atoms with van der Waals surface area (Å²) in [5.74, 6) is 0.204. The molecule has 1 saturated heterocycles. The first-order valence-electron chi connectivity index (χ1n) is 7.24. The van der Waals surface area contributed by atoms with Crippen molar-refractivity contribution >= 4 is 27.5 Å². The monoisotopic (exact) mass is 368 g/mol. The van der Waals surface area contributed by atoms with Crippen LogP contribution in [-0.2, 0) is 0 Å². The molecule has 1 aliphatic rings. The number of piperidine rings is 1. The molecule has 1 N–H and O–H groups in total. The first kappa shape index (κ1) is 15.2. The topological polar surface area (TPSA) is 80.0 Å². The molecule has 0 radical (unpaired) electrons. The molecule has 3 rings (SSSR count). The maximum atomic E-state index is 12.5. The van der Waals surface area contributed by atoms with Crippen LogP contribution in [0.1, 0.15) is 30.3 Å². The Morgan fingerprint density at radius 1 is 1.50 bits per heavy atom. The van der Waals surface area contributed by atoms with Gasteiger partial charge in [0.05, 0.1) is 12.7 Å². The molecule has 0 spiro atoms. The zero-order chi connectivity index (χ0) is 15.7. The molecule has 22 heavy (non-hydrogen) atoms. The molecular weight excluding hydrogens is 352 g/mol. The van der Waals surface area contributed by atoms with E-state index in [2.05, 4.69) is 25.9 Å². The zero-order valence-electron chi connectivity index (χ0n) is 12.2.